The van der Waals surface area contributed by atoms with Crippen LogP contribution < -0.4 is 10.7 Å². The summed E-state index contributed by atoms with van der Waals surface area (Å²) in [6.45, 7) is 3.13. The Morgan fingerprint density at radius 3 is 2.54 bits per heavy atom. The van der Waals surface area contributed by atoms with E-state index >= 15 is 0 Å². The molecule has 3 rings (SSSR count). The maximum Gasteiger partial charge on any atom is 0.228 e. The van der Waals surface area contributed by atoms with E-state index in [1.807, 2.05) is 0 Å². The second-order valence-electron chi connectivity index (χ2n) is 5.69. The lowest BCUT2D eigenvalue weighted by atomic mass is 10.0. The van der Waals surface area contributed by atoms with Gasteiger partial charge < -0.3 is 5.32 Å². The molecule has 0 fully saturated rings. The van der Waals surface area contributed by atoms with E-state index in [1.165, 1.54) is 11.5 Å². The Kier molecular flexibility index (Phi) is 4.09. The molecule has 2 N–H and O–H groups in total. The number of benzene rings is 2. The molecule has 124 valence electrons. The fourth-order valence-electron chi connectivity index (χ4n) is 2.92. The summed E-state index contributed by atoms with van der Waals surface area (Å²) in [5.41, 5.74) is 2.40. The van der Waals surface area contributed by atoms with Gasteiger partial charge in [0.15, 0.2) is 5.43 Å². The Morgan fingerprint density at radius 2 is 1.92 bits per heavy atom. The minimum atomic E-state index is -0.568. The van der Waals surface area contributed by atoms with Crippen LogP contribution in [0.25, 0.3) is 21.8 Å². The van der Waals surface area contributed by atoms with E-state index < -0.39 is 6.10 Å². The Morgan fingerprint density at radius 1 is 1.17 bits per heavy atom. The molecule has 0 bridgehead atoms. The van der Waals surface area contributed by atoms with Crippen molar-refractivity contribution in [2.24, 2.45) is 0 Å². The molecule has 0 saturated carbocycles. The molecule has 0 radical (unpaired) electrons. The number of nitrogens with zero attached hydrogens (tertiary/aromatic N) is 1. The van der Waals surface area contributed by atoms with E-state index in [9.17, 15) is 9.59 Å². The quantitative estimate of drug-likeness (QED) is 0.438. The zero-order valence-electron chi connectivity index (χ0n) is 13.7. The molecule has 1 atom stereocenters. The SMILES string of the molecule is CNc1ccc2c(=O)c3cc(C(C)OO)ccc3n(C(C)=O)c2c1. The molecular weight excluding hydrogens is 308 g/mol. The van der Waals surface area contributed by atoms with Crippen molar-refractivity contribution in [2.45, 2.75) is 20.0 Å². The van der Waals surface area contributed by atoms with Crippen molar-refractivity contribution in [3.8, 4) is 0 Å². The number of hydrogen-bond donors (Lipinski definition) is 2. The maximum absolute atomic E-state index is 12.9. The molecule has 0 amide bonds. The number of aromatic nitrogens is 1. The summed E-state index contributed by atoms with van der Waals surface area (Å²) < 4.78 is 1.53. The van der Waals surface area contributed by atoms with Crippen molar-refractivity contribution < 1.29 is 14.9 Å². The normalized spacial score (nSPS) is 12.5. The maximum atomic E-state index is 12.9. The van der Waals surface area contributed by atoms with Crippen molar-refractivity contribution in [1.29, 1.82) is 0 Å². The summed E-state index contributed by atoms with van der Waals surface area (Å²) in [6, 6.07) is 10.4. The second-order valence-corrected chi connectivity index (χ2v) is 5.69. The van der Waals surface area contributed by atoms with Crippen LogP contribution in [0, 0.1) is 0 Å². The van der Waals surface area contributed by atoms with Gasteiger partial charge in [-0.3, -0.25) is 19.4 Å². The second kappa shape index (κ2) is 6.07. The summed E-state index contributed by atoms with van der Waals surface area (Å²) >= 11 is 0. The number of fused-ring (bicyclic) bond motifs is 2. The van der Waals surface area contributed by atoms with Gasteiger partial charge in [-0.05, 0) is 42.8 Å². The average Bonchev–Trinajstić information content (AvgIpc) is 2.60. The topological polar surface area (TPSA) is 80.6 Å². The lowest BCUT2D eigenvalue weighted by molar-refractivity contribution is -0.277. The lowest BCUT2D eigenvalue weighted by Crippen LogP contribution is -2.16. The highest BCUT2D eigenvalue weighted by atomic mass is 17.1. The Labute approximate surface area is 138 Å². The molecule has 0 aliphatic rings. The molecule has 0 spiro atoms. The Balaban J connectivity index is 2.48. The Bertz CT molecular complexity index is 1010. The fourth-order valence-corrected chi connectivity index (χ4v) is 2.92. The number of carbonyl (C=O) groups excluding carboxylic acids is 1. The van der Waals surface area contributed by atoms with Gasteiger partial charge in [0.25, 0.3) is 0 Å². The molecule has 6 nitrogen and oxygen atoms in total. The van der Waals surface area contributed by atoms with Crippen LogP contribution in [0.4, 0.5) is 5.69 Å². The largest absolute Gasteiger partial charge is 0.388 e. The van der Waals surface area contributed by atoms with Crippen molar-refractivity contribution in [2.75, 3.05) is 12.4 Å². The van der Waals surface area contributed by atoms with Gasteiger partial charge in [-0.2, -0.15) is 0 Å². The summed E-state index contributed by atoms with van der Waals surface area (Å²) in [7, 11) is 1.78. The van der Waals surface area contributed by atoms with E-state index in [-0.39, 0.29) is 11.3 Å². The van der Waals surface area contributed by atoms with E-state index in [1.54, 1.807) is 50.4 Å². The number of hydrogen-bond acceptors (Lipinski definition) is 5. The summed E-state index contributed by atoms with van der Waals surface area (Å²) in [4.78, 5) is 29.4. The molecule has 1 aromatic heterocycles. The first-order chi connectivity index (χ1) is 11.5. The third-order valence-electron chi connectivity index (χ3n) is 4.22. The van der Waals surface area contributed by atoms with E-state index in [0.29, 0.717) is 27.4 Å². The van der Waals surface area contributed by atoms with Crippen molar-refractivity contribution in [3.63, 3.8) is 0 Å². The molecule has 0 saturated heterocycles. The highest BCUT2D eigenvalue weighted by Crippen LogP contribution is 2.25. The summed E-state index contributed by atoms with van der Waals surface area (Å²) in [6.07, 6.45) is -0.568. The highest BCUT2D eigenvalue weighted by molar-refractivity contribution is 6.03. The molecule has 6 heteroatoms. The zero-order chi connectivity index (χ0) is 17.4. The molecule has 2 aromatic carbocycles. The fraction of sp³-hybridized carbons (Fsp3) is 0.222. The molecule has 1 heterocycles. The van der Waals surface area contributed by atoms with Gasteiger partial charge in [0.05, 0.1) is 11.0 Å². The smallest absolute Gasteiger partial charge is 0.228 e. The number of pyridine rings is 1. The van der Waals surface area contributed by atoms with Gasteiger partial charge in [-0.1, -0.05) is 6.07 Å². The van der Waals surface area contributed by atoms with Gasteiger partial charge in [0, 0.05) is 30.4 Å². The standard InChI is InChI=1S/C18H18N2O4/c1-10(24-23)12-4-7-16-15(8-12)18(22)14-6-5-13(19-3)9-17(14)20(16)11(2)21/h4-10,19,23H,1-3H3. The predicted molar refractivity (Wildman–Crippen MR) is 93.7 cm³/mol. The lowest BCUT2D eigenvalue weighted by Gasteiger charge is -2.15. The zero-order valence-corrected chi connectivity index (χ0v) is 13.7. The highest BCUT2D eigenvalue weighted by Gasteiger charge is 2.16. The molecular formula is C18H18N2O4. The summed E-state index contributed by atoms with van der Waals surface area (Å²) in [5.74, 6) is -0.183. The Hall–Kier alpha value is -2.70. The van der Waals surface area contributed by atoms with Crippen LogP contribution in [0.2, 0.25) is 0 Å². The molecule has 3 aromatic rings. The third-order valence-corrected chi connectivity index (χ3v) is 4.22. The van der Waals surface area contributed by atoms with Gasteiger partial charge in [0.1, 0.15) is 6.10 Å². The first-order valence-electron chi connectivity index (χ1n) is 7.59. The molecule has 0 aliphatic heterocycles. The number of carbonyl (C=O) groups is 1. The van der Waals surface area contributed by atoms with Crippen molar-refractivity contribution in [3.05, 3.63) is 52.2 Å². The van der Waals surface area contributed by atoms with Crippen molar-refractivity contribution in [1.82, 2.24) is 4.57 Å². The first-order valence-corrected chi connectivity index (χ1v) is 7.59. The average molecular weight is 326 g/mol. The van der Waals surface area contributed by atoms with Crippen LogP contribution in [-0.4, -0.2) is 22.8 Å². The first kappa shape index (κ1) is 16.2. The van der Waals surface area contributed by atoms with Crippen LogP contribution in [-0.2, 0) is 4.89 Å². The minimum absolute atomic E-state index is 0.160. The molecule has 0 aliphatic carbocycles. The van der Waals surface area contributed by atoms with Crippen LogP contribution >= 0.6 is 0 Å². The monoisotopic (exact) mass is 326 g/mol. The number of anilines is 1. The molecule has 24 heavy (non-hydrogen) atoms. The van der Waals surface area contributed by atoms with E-state index in [0.717, 1.165) is 5.69 Å². The van der Waals surface area contributed by atoms with Crippen LogP contribution in [0.5, 0.6) is 0 Å². The van der Waals surface area contributed by atoms with Gasteiger partial charge >= 0.3 is 0 Å². The van der Waals surface area contributed by atoms with E-state index in [2.05, 4.69) is 10.2 Å². The summed E-state index contributed by atoms with van der Waals surface area (Å²) in [5, 5.41) is 12.7. The third kappa shape index (κ3) is 2.46. The predicted octanol–water partition coefficient (Wildman–Crippen LogP) is 3.41. The van der Waals surface area contributed by atoms with Crippen LogP contribution in [0.15, 0.2) is 41.2 Å². The minimum Gasteiger partial charge on any atom is -0.388 e. The van der Waals surface area contributed by atoms with Gasteiger partial charge in [0.2, 0.25) is 5.91 Å². The molecule has 1 unspecified atom stereocenters. The van der Waals surface area contributed by atoms with Crippen molar-refractivity contribution >= 4 is 33.4 Å². The van der Waals surface area contributed by atoms with Crippen LogP contribution in [0.1, 0.15) is 30.3 Å². The number of nitrogens with one attached hydrogen (secondary N) is 1. The van der Waals surface area contributed by atoms with Crippen LogP contribution in [0.3, 0.4) is 0 Å². The van der Waals surface area contributed by atoms with E-state index in [4.69, 9.17) is 5.26 Å². The van der Waals surface area contributed by atoms with Gasteiger partial charge in [-0.15, -0.1) is 0 Å². The van der Waals surface area contributed by atoms with Gasteiger partial charge in [-0.25, -0.2) is 4.89 Å². The number of rotatable bonds is 3.